The molecule has 0 saturated heterocycles. The molecule has 2 heterocycles. The van der Waals surface area contributed by atoms with Gasteiger partial charge in [-0.2, -0.15) is 5.26 Å². The number of nitrogen functional groups attached to an aromatic ring is 1. The Hall–Kier alpha value is -2.82. The molecule has 0 bridgehead atoms. The lowest BCUT2D eigenvalue weighted by atomic mass is 9.97. The van der Waals surface area contributed by atoms with Gasteiger partial charge in [-0.1, -0.05) is 23.2 Å². The Bertz CT molecular complexity index is 1200. The number of fused-ring (bicyclic) bond motifs is 1. The van der Waals surface area contributed by atoms with Crippen LogP contribution in [0.1, 0.15) is 5.56 Å². The second-order valence-corrected chi connectivity index (χ2v) is 6.23. The normalized spacial score (nSPS) is 10.8. The summed E-state index contributed by atoms with van der Waals surface area (Å²) in [6.07, 6.45) is 0. The number of anilines is 1. The molecule has 2 aromatic heterocycles. The molecule has 25 heavy (non-hydrogen) atoms. The van der Waals surface area contributed by atoms with Crippen LogP contribution in [0.5, 0.6) is 0 Å². The molecule has 0 fully saturated rings. The van der Waals surface area contributed by atoms with Crippen LogP contribution >= 0.6 is 23.2 Å². The van der Waals surface area contributed by atoms with Gasteiger partial charge in [-0.05, 0) is 18.2 Å². The summed E-state index contributed by atoms with van der Waals surface area (Å²) in [6.45, 7) is 0. The summed E-state index contributed by atoms with van der Waals surface area (Å²) in [4.78, 5) is 29.0. The van der Waals surface area contributed by atoms with Crippen molar-refractivity contribution in [2.45, 2.75) is 0 Å². The molecule has 0 unspecified atom stereocenters. The number of nitriles is 1. The molecular formula is C16H11Cl2N5O2. The number of nitrogens with zero attached hydrogens (tertiary/aromatic N) is 4. The average molecular weight is 376 g/mol. The lowest BCUT2D eigenvalue weighted by Gasteiger charge is -2.14. The van der Waals surface area contributed by atoms with Gasteiger partial charge >= 0.3 is 5.69 Å². The van der Waals surface area contributed by atoms with E-state index < -0.39 is 11.2 Å². The standard InChI is InChI=1S/C16H11Cl2N5O2/c1-22-14-12(15(24)23(2)16(22)25)11(9(6-19)13(20)21-14)8-5-7(17)3-4-10(8)18/h3-5H,1-2H3,(H2,20,21). The highest BCUT2D eigenvalue weighted by molar-refractivity contribution is 6.35. The quantitative estimate of drug-likeness (QED) is 0.700. The van der Waals surface area contributed by atoms with Crippen LogP contribution in [0, 0.1) is 11.3 Å². The largest absolute Gasteiger partial charge is 0.383 e. The van der Waals surface area contributed by atoms with E-state index in [-0.39, 0.29) is 33.0 Å². The van der Waals surface area contributed by atoms with E-state index >= 15 is 0 Å². The van der Waals surface area contributed by atoms with Gasteiger partial charge in [-0.15, -0.1) is 0 Å². The number of nitrogens with two attached hydrogens (primary N) is 1. The molecule has 126 valence electrons. The van der Waals surface area contributed by atoms with Gasteiger partial charge < -0.3 is 5.73 Å². The van der Waals surface area contributed by atoms with Crippen LogP contribution in [0.25, 0.3) is 22.2 Å². The van der Waals surface area contributed by atoms with E-state index in [4.69, 9.17) is 28.9 Å². The topological polar surface area (TPSA) is 107 Å². The first-order chi connectivity index (χ1) is 11.8. The summed E-state index contributed by atoms with van der Waals surface area (Å²) < 4.78 is 2.12. The summed E-state index contributed by atoms with van der Waals surface area (Å²) in [5, 5.41) is 10.3. The molecule has 0 radical (unpaired) electrons. The first kappa shape index (κ1) is 17.0. The lowest BCUT2D eigenvalue weighted by molar-refractivity contribution is 0.708. The van der Waals surface area contributed by atoms with E-state index in [1.54, 1.807) is 12.1 Å². The number of rotatable bonds is 1. The van der Waals surface area contributed by atoms with E-state index in [9.17, 15) is 14.9 Å². The Morgan fingerprint density at radius 2 is 1.88 bits per heavy atom. The number of aromatic nitrogens is 3. The van der Waals surface area contributed by atoms with E-state index in [1.165, 1.54) is 24.7 Å². The van der Waals surface area contributed by atoms with E-state index in [0.29, 0.717) is 10.6 Å². The van der Waals surface area contributed by atoms with Crippen molar-refractivity contribution in [2.24, 2.45) is 14.1 Å². The van der Waals surface area contributed by atoms with Gasteiger partial charge in [0.05, 0.1) is 5.39 Å². The van der Waals surface area contributed by atoms with Crippen LogP contribution < -0.4 is 17.0 Å². The van der Waals surface area contributed by atoms with Gasteiger partial charge in [0.25, 0.3) is 5.56 Å². The summed E-state index contributed by atoms with van der Waals surface area (Å²) in [7, 11) is 2.81. The SMILES string of the molecule is Cn1c(=O)c2c(-c3cc(Cl)ccc3Cl)c(C#N)c(N)nc2n(C)c1=O. The van der Waals surface area contributed by atoms with Crippen molar-refractivity contribution in [3.63, 3.8) is 0 Å². The minimum atomic E-state index is -0.604. The second kappa shape index (κ2) is 5.92. The summed E-state index contributed by atoms with van der Waals surface area (Å²) in [5.74, 6) is -0.107. The Labute approximate surface area is 151 Å². The maximum absolute atomic E-state index is 12.8. The van der Waals surface area contributed by atoms with Crippen molar-refractivity contribution >= 4 is 40.1 Å². The van der Waals surface area contributed by atoms with Gasteiger partial charge in [0.2, 0.25) is 0 Å². The molecular weight excluding hydrogens is 365 g/mol. The van der Waals surface area contributed by atoms with Crippen molar-refractivity contribution < 1.29 is 0 Å². The van der Waals surface area contributed by atoms with Crippen LogP contribution in [0.2, 0.25) is 10.0 Å². The smallest absolute Gasteiger partial charge is 0.332 e. The van der Waals surface area contributed by atoms with Crippen LogP contribution in [0.4, 0.5) is 5.82 Å². The van der Waals surface area contributed by atoms with E-state index in [0.717, 1.165) is 4.57 Å². The predicted molar refractivity (Wildman–Crippen MR) is 96.8 cm³/mol. The zero-order chi connectivity index (χ0) is 18.5. The summed E-state index contributed by atoms with van der Waals surface area (Å²) in [5.41, 5.74) is 5.36. The molecule has 0 aliphatic rings. The molecule has 0 aliphatic carbocycles. The first-order valence-corrected chi connectivity index (χ1v) is 7.78. The number of hydrogen-bond donors (Lipinski definition) is 1. The molecule has 9 heteroatoms. The minimum absolute atomic E-state index is 0.00702. The molecule has 7 nitrogen and oxygen atoms in total. The van der Waals surface area contributed by atoms with Gasteiger partial charge in [0.15, 0.2) is 5.65 Å². The third-order valence-corrected chi connectivity index (χ3v) is 4.49. The fourth-order valence-electron chi connectivity index (χ4n) is 2.68. The zero-order valence-electron chi connectivity index (χ0n) is 13.2. The first-order valence-electron chi connectivity index (χ1n) is 7.02. The van der Waals surface area contributed by atoms with Crippen LogP contribution in [-0.4, -0.2) is 14.1 Å². The fourth-order valence-corrected chi connectivity index (χ4v) is 3.06. The third kappa shape index (κ3) is 2.47. The van der Waals surface area contributed by atoms with Crippen LogP contribution in [0.15, 0.2) is 27.8 Å². The Morgan fingerprint density at radius 3 is 2.52 bits per heavy atom. The number of hydrogen-bond acceptors (Lipinski definition) is 5. The van der Waals surface area contributed by atoms with Crippen molar-refractivity contribution in [2.75, 3.05) is 5.73 Å². The molecule has 0 aliphatic heterocycles. The number of benzene rings is 1. The highest BCUT2D eigenvalue weighted by Crippen LogP contribution is 2.37. The van der Waals surface area contributed by atoms with Crippen molar-refractivity contribution in [3.8, 4) is 17.2 Å². The van der Waals surface area contributed by atoms with Crippen molar-refractivity contribution in [3.05, 3.63) is 54.6 Å². The highest BCUT2D eigenvalue weighted by atomic mass is 35.5. The average Bonchev–Trinajstić information content (AvgIpc) is 2.59. The summed E-state index contributed by atoms with van der Waals surface area (Å²) in [6, 6.07) is 6.62. The van der Waals surface area contributed by atoms with Gasteiger partial charge in [0, 0.05) is 35.3 Å². The highest BCUT2D eigenvalue weighted by Gasteiger charge is 2.22. The van der Waals surface area contributed by atoms with Crippen LogP contribution in [-0.2, 0) is 14.1 Å². The molecule has 0 atom stereocenters. The zero-order valence-corrected chi connectivity index (χ0v) is 14.7. The minimum Gasteiger partial charge on any atom is -0.383 e. The van der Waals surface area contributed by atoms with E-state index in [2.05, 4.69) is 4.98 Å². The Balaban J connectivity index is 2.71. The molecule has 0 spiro atoms. The maximum Gasteiger partial charge on any atom is 0.332 e. The summed E-state index contributed by atoms with van der Waals surface area (Å²) >= 11 is 12.3. The lowest BCUT2D eigenvalue weighted by Crippen LogP contribution is -2.37. The monoisotopic (exact) mass is 375 g/mol. The van der Waals surface area contributed by atoms with Crippen LogP contribution in [0.3, 0.4) is 0 Å². The van der Waals surface area contributed by atoms with Gasteiger partial charge in [-0.25, -0.2) is 9.78 Å². The molecule has 0 amide bonds. The Morgan fingerprint density at radius 1 is 1.20 bits per heavy atom. The number of pyridine rings is 1. The third-order valence-electron chi connectivity index (χ3n) is 3.93. The number of aryl methyl sites for hydroxylation is 1. The molecule has 2 N–H and O–H groups in total. The van der Waals surface area contributed by atoms with E-state index in [1.807, 2.05) is 6.07 Å². The number of halogens is 2. The molecule has 0 saturated carbocycles. The molecule has 1 aromatic carbocycles. The predicted octanol–water partition coefficient (Wildman–Crippen LogP) is 2.06. The van der Waals surface area contributed by atoms with Gasteiger partial charge in [0.1, 0.15) is 17.5 Å². The second-order valence-electron chi connectivity index (χ2n) is 5.39. The molecule has 3 rings (SSSR count). The van der Waals surface area contributed by atoms with Crippen molar-refractivity contribution in [1.29, 1.82) is 5.26 Å². The Kier molecular flexibility index (Phi) is 4.03. The van der Waals surface area contributed by atoms with Gasteiger partial charge in [-0.3, -0.25) is 13.9 Å². The molecule has 3 aromatic rings. The van der Waals surface area contributed by atoms with Crippen molar-refractivity contribution in [1.82, 2.24) is 14.1 Å². The maximum atomic E-state index is 12.8. The fraction of sp³-hybridized carbons (Fsp3) is 0.125.